The number of ether oxygens (including phenoxy) is 2. The molecule has 0 aromatic heterocycles. The number of rotatable bonds is 7. The SMILES string of the molecule is C/C=C/C#CC#C[C@@H](O[C@@H]1O[C@H](CO)[C@@H](O)[C@H](O)[C@H]1O)[C@@H](O)/C=C\C(O)CO. The Balaban J connectivity index is 3.00. The summed E-state index contributed by atoms with van der Waals surface area (Å²) in [5.41, 5.74) is 0. The van der Waals surface area contributed by atoms with E-state index < -0.39 is 62.2 Å². The Kier molecular flexibility index (Phi) is 11.0. The summed E-state index contributed by atoms with van der Waals surface area (Å²) < 4.78 is 10.7. The average molecular weight is 398 g/mol. The summed E-state index contributed by atoms with van der Waals surface area (Å²) in [5, 5.41) is 67.3. The first-order valence-corrected chi connectivity index (χ1v) is 8.59. The Morgan fingerprint density at radius 1 is 1.04 bits per heavy atom. The second kappa shape index (κ2) is 12.6. The maximum atomic E-state index is 10.2. The van der Waals surface area contributed by atoms with Crippen LogP contribution in [0.1, 0.15) is 6.92 Å². The molecule has 9 nitrogen and oxygen atoms in total. The van der Waals surface area contributed by atoms with Crippen LogP contribution in [0.3, 0.4) is 0 Å². The molecule has 0 bridgehead atoms. The first-order valence-electron chi connectivity index (χ1n) is 8.59. The van der Waals surface area contributed by atoms with Crippen LogP contribution >= 0.6 is 0 Å². The molecule has 9 heteroatoms. The van der Waals surface area contributed by atoms with Crippen molar-refractivity contribution in [1.29, 1.82) is 0 Å². The van der Waals surface area contributed by atoms with Crippen LogP contribution in [0, 0.1) is 23.7 Å². The van der Waals surface area contributed by atoms with Gasteiger partial charge >= 0.3 is 0 Å². The molecule has 156 valence electrons. The second-order valence-electron chi connectivity index (χ2n) is 5.92. The van der Waals surface area contributed by atoms with Gasteiger partial charge in [-0.1, -0.05) is 30.1 Å². The smallest absolute Gasteiger partial charge is 0.188 e. The molecule has 1 unspecified atom stereocenters. The van der Waals surface area contributed by atoms with E-state index in [1.165, 1.54) is 0 Å². The van der Waals surface area contributed by atoms with Gasteiger partial charge in [-0.2, -0.15) is 0 Å². The Morgan fingerprint density at radius 2 is 1.75 bits per heavy atom. The molecule has 0 aromatic carbocycles. The number of hydrogen-bond donors (Lipinski definition) is 7. The molecular weight excluding hydrogens is 372 g/mol. The topological polar surface area (TPSA) is 160 Å². The van der Waals surface area contributed by atoms with Crippen LogP contribution in [-0.4, -0.2) is 98.0 Å². The third-order valence-corrected chi connectivity index (χ3v) is 3.76. The van der Waals surface area contributed by atoms with Crippen molar-refractivity contribution >= 4 is 0 Å². The summed E-state index contributed by atoms with van der Waals surface area (Å²) in [5.74, 6) is 10.1. The van der Waals surface area contributed by atoms with Crippen molar-refractivity contribution in [1.82, 2.24) is 0 Å². The average Bonchev–Trinajstić information content (AvgIpc) is 2.70. The minimum atomic E-state index is -1.67. The van der Waals surface area contributed by atoms with Crippen LogP contribution in [-0.2, 0) is 9.47 Å². The summed E-state index contributed by atoms with van der Waals surface area (Å²) in [6, 6.07) is 0. The standard InChI is InChI=1S/C19H26O9/c1-2-3-4-5-6-7-14(13(23)9-8-12(22)10-20)27-19-18(26)17(25)16(24)15(11-21)28-19/h2-3,8-9,12-26H,10-11H2,1H3/b3-2+,9-8-/t12?,13-,14+,15+,16+,17-,18+,19+/m0/s1. The van der Waals surface area contributed by atoms with E-state index in [0.29, 0.717) is 0 Å². The molecule has 0 amide bonds. The van der Waals surface area contributed by atoms with E-state index >= 15 is 0 Å². The lowest BCUT2D eigenvalue weighted by Crippen LogP contribution is -2.60. The fourth-order valence-electron chi connectivity index (χ4n) is 2.20. The van der Waals surface area contributed by atoms with Crippen molar-refractivity contribution in [2.75, 3.05) is 13.2 Å². The highest BCUT2D eigenvalue weighted by atomic mass is 16.7. The van der Waals surface area contributed by atoms with Crippen LogP contribution < -0.4 is 0 Å². The van der Waals surface area contributed by atoms with Gasteiger partial charge in [0, 0.05) is 0 Å². The molecule has 28 heavy (non-hydrogen) atoms. The van der Waals surface area contributed by atoms with Crippen molar-refractivity contribution in [3.63, 3.8) is 0 Å². The first-order chi connectivity index (χ1) is 13.3. The van der Waals surface area contributed by atoms with Crippen LogP contribution in [0.2, 0.25) is 0 Å². The molecule has 1 rings (SSSR count). The van der Waals surface area contributed by atoms with E-state index in [4.69, 9.17) is 14.6 Å². The Morgan fingerprint density at radius 3 is 2.36 bits per heavy atom. The van der Waals surface area contributed by atoms with Crippen LogP contribution in [0.5, 0.6) is 0 Å². The summed E-state index contributed by atoms with van der Waals surface area (Å²) in [6.07, 6.45) is -5.98. The first kappa shape index (κ1) is 24.3. The summed E-state index contributed by atoms with van der Waals surface area (Å²) in [6.45, 7) is 0.581. The van der Waals surface area contributed by atoms with E-state index in [1.807, 2.05) is 0 Å². The van der Waals surface area contributed by atoms with Gasteiger partial charge in [0.05, 0.1) is 19.3 Å². The van der Waals surface area contributed by atoms with Gasteiger partial charge in [0.2, 0.25) is 0 Å². The lowest BCUT2D eigenvalue weighted by molar-refractivity contribution is -0.310. The highest BCUT2D eigenvalue weighted by Crippen LogP contribution is 2.23. The normalized spacial score (nSPS) is 30.9. The predicted octanol–water partition coefficient (Wildman–Crippen LogP) is -2.98. The quantitative estimate of drug-likeness (QED) is 0.175. The number of aliphatic hydroxyl groups excluding tert-OH is 7. The number of allylic oxidation sites excluding steroid dienone is 2. The van der Waals surface area contributed by atoms with E-state index in [-0.39, 0.29) is 0 Å². The largest absolute Gasteiger partial charge is 0.394 e. The zero-order chi connectivity index (χ0) is 21.1. The van der Waals surface area contributed by atoms with Gasteiger partial charge in [0.15, 0.2) is 12.4 Å². The van der Waals surface area contributed by atoms with Crippen LogP contribution in [0.25, 0.3) is 0 Å². The highest BCUT2D eigenvalue weighted by molar-refractivity contribution is 5.32. The van der Waals surface area contributed by atoms with Gasteiger partial charge in [0.25, 0.3) is 0 Å². The minimum absolute atomic E-state index is 0.554. The summed E-state index contributed by atoms with van der Waals surface area (Å²) in [7, 11) is 0. The molecule has 1 aliphatic rings. The van der Waals surface area contributed by atoms with Gasteiger partial charge < -0.3 is 45.2 Å². The second-order valence-corrected chi connectivity index (χ2v) is 5.92. The molecular formula is C19H26O9. The van der Waals surface area contributed by atoms with Crippen LogP contribution in [0.4, 0.5) is 0 Å². The fourth-order valence-corrected chi connectivity index (χ4v) is 2.20. The van der Waals surface area contributed by atoms with Gasteiger partial charge in [-0.3, -0.25) is 0 Å². The Labute approximate surface area is 163 Å². The lowest BCUT2D eigenvalue weighted by Gasteiger charge is -2.40. The molecule has 1 aliphatic heterocycles. The van der Waals surface area contributed by atoms with Crippen molar-refractivity contribution in [3.8, 4) is 23.7 Å². The molecule has 8 atom stereocenters. The Bertz CT molecular complexity index is 637. The zero-order valence-electron chi connectivity index (χ0n) is 15.3. The summed E-state index contributed by atoms with van der Waals surface area (Å²) in [4.78, 5) is 0. The van der Waals surface area contributed by atoms with E-state index in [1.54, 1.807) is 19.1 Å². The summed E-state index contributed by atoms with van der Waals surface area (Å²) >= 11 is 0. The predicted molar refractivity (Wildman–Crippen MR) is 97.2 cm³/mol. The van der Waals surface area contributed by atoms with Crippen molar-refractivity contribution < 1.29 is 45.2 Å². The molecule has 0 spiro atoms. The molecule has 1 fully saturated rings. The van der Waals surface area contributed by atoms with Gasteiger partial charge in [-0.25, -0.2) is 0 Å². The molecule has 0 saturated carbocycles. The van der Waals surface area contributed by atoms with Gasteiger partial charge in [-0.15, -0.1) is 0 Å². The van der Waals surface area contributed by atoms with Crippen LogP contribution in [0.15, 0.2) is 24.3 Å². The molecule has 1 heterocycles. The molecule has 1 saturated heterocycles. The van der Waals surface area contributed by atoms with Crippen molar-refractivity contribution in [2.24, 2.45) is 0 Å². The molecule has 0 radical (unpaired) electrons. The van der Waals surface area contributed by atoms with E-state index in [9.17, 15) is 30.6 Å². The minimum Gasteiger partial charge on any atom is -0.394 e. The number of aliphatic hydroxyl groups is 7. The maximum Gasteiger partial charge on any atom is 0.188 e. The van der Waals surface area contributed by atoms with Gasteiger partial charge in [-0.05, 0) is 24.8 Å². The molecule has 0 aromatic rings. The maximum absolute atomic E-state index is 10.2. The van der Waals surface area contributed by atoms with E-state index in [2.05, 4.69) is 23.7 Å². The van der Waals surface area contributed by atoms with E-state index in [0.717, 1.165) is 12.2 Å². The highest BCUT2D eigenvalue weighted by Gasteiger charge is 2.45. The zero-order valence-corrected chi connectivity index (χ0v) is 15.3. The van der Waals surface area contributed by atoms with Crippen molar-refractivity contribution in [2.45, 2.75) is 55.9 Å². The van der Waals surface area contributed by atoms with Gasteiger partial charge in [0.1, 0.15) is 30.5 Å². The molecule has 7 N–H and O–H groups in total. The third-order valence-electron chi connectivity index (χ3n) is 3.76. The third kappa shape index (κ3) is 7.34. The Hall–Kier alpha value is -1.76. The lowest BCUT2D eigenvalue weighted by atomic mass is 9.99. The monoisotopic (exact) mass is 398 g/mol. The molecule has 0 aliphatic carbocycles. The fraction of sp³-hybridized carbons (Fsp3) is 0.579. The van der Waals surface area contributed by atoms with Crippen molar-refractivity contribution in [3.05, 3.63) is 24.3 Å². The number of hydrogen-bond acceptors (Lipinski definition) is 9.